The first kappa shape index (κ1) is 45.3. The molecule has 0 aromatic rings. The third-order valence-corrected chi connectivity index (χ3v) is 9.03. The normalized spacial score (nSPS) is 26.4. The van der Waals surface area contributed by atoms with E-state index in [0.717, 1.165) is 23.7 Å². The summed E-state index contributed by atoms with van der Waals surface area (Å²) in [4.78, 5) is 0. The first-order valence-corrected chi connectivity index (χ1v) is 13.5. The average Bonchev–Trinajstić information content (AvgIpc) is 3.62. The summed E-state index contributed by atoms with van der Waals surface area (Å²) >= 11 is 0. The van der Waals surface area contributed by atoms with Crippen LogP contribution in [0.25, 0.3) is 0 Å². The van der Waals surface area contributed by atoms with E-state index in [9.17, 15) is 0 Å². The molecule has 0 aliphatic heterocycles. The SMILES string of the molecule is C1=CC2[CH-]CCC2C=C1.C1=CC2[CH-]CCC2C=C1.CC1=C(C)C(C)=C(C2=C(C)C(C)=C(C)C2)C1.Cl.Cl.Cl.Cl.[Zr].[Zr]. The first-order chi connectivity index (χ1) is 16.4. The van der Waals surface area contributed by atoms with Gasteiger partial charge in [0.15, 0.2) is 0 Å². The van der Waals surface area contributed by atoms with Gasteiger partial charge in [-0.05, 0) is 99.7 Å². The Morgan fingerprint density at radius 2 is 0.825 bits per heavy atom. The molecule has 40 heavy (non-hydrogen) atoms. The molecule has 0 aromatic carbocycles. The second kappa shape index (κ2) is 21.5. The van der Waals surface area contributed by atoms with Gasteiger partial charge in [-0.3, -0.25) is 0 Å². The maximum atomic E-state index is 2.42. The summed E-state index contributed by atoms with van der Waals surface area (Å²) in [5, 5.41) is 0. The van der Waals surface area contributed by atoms with E-state index in [-0.39, 0.29) is 102 Å². The molecular weight excluding hydrogens is 733 g/mol. The Morgan fingerprint density at radius 3 is 1.10 bits per heavy atom. The third-order valence-electron chi connectivity index (χ3n) is 9.03. The van der Waals surface area contributed by atoms with Gasteiger partial charge in [0.2, 0.25) is 0 Å². The van der Waals surface area contributed by atoms with Crippen molar-refractivity contribution in [3.05, 3.63) is 106 Å². The Balaban J connectivity index is -0.000000501. The molecule has 0 bridgehead atoms. The van der Waals surface area contributed by atoms with E-state index in [1.165, 1.54) is 60.8 Å². The fourth-order valence-electron chi connectivity index (χ4n) is 6.21. The van der Waals surface area contributed by atoms with Gasteiger partial charge < -0.3 is 12.8 Å². The summed E-state index contributed by atoms with van der Waals surface area (Å²) < 4.78 is 0. The molecular formula is C34H48Cl4Zr2-2. The van der Waals surface area contributed by atoms with Gasteiger partial charge in [0.1, 0.15) is 0 Å². The summed E-state index contributed by atoms with van der Waals surface area (Å²) in [6.45, 7) is 13.6. The molecule has 0 amide bonds. The fourth-order valence-corrected chi connectivity index (χ4v) is 6.21. The van der Waals surface area contributed by atoms with Crippen molar-refractivity contribution in [3.8, 4) is 0 Å². The molecule has 6 aliphatic rings. The Hall–Kier alpha value is 0.846. The molecule has 4 atom stereocenters. The molecule has 2 saturated carbocycles. The van der Waals surface area contributed by atoms with E-state index in [4.69, 9.17) is 0 Å². The van der Waals surface area contributed by atoms with E-state index >= 15 is 0 Å². The van der Waals surface area contributed by atoms with Gasteiger partial charge in [-0.15, -0.1) is 73.6 Å². The van der Waals surface area contributed by atoms with Crippen LogP contribution in [-0.4, -0.2) is 0 Å². The van der Waals surface area contributed by atoms with Gasteiger partial charge in [0, 0.05) is 52.4 Å². The van der Waals surface area contributed by atoms with Crippen LogP contribution >= 0.6 is 49.6 Å². The number of fused-ring (bicyclic) bond motifs is 2. The van der Waals surface area contributed by atoms with Crippen molar-refractivity contribution in [1.82, 2.24) is 0 Å². The third kappa shape index (κ3) is 11.1. The van der Waals surface area contributed by atoms with Crippen molar-refractivity contribution in [3.63, 3.8) is 0 Å². The molecule has 0 aromatic heterocycles. The summed E-state index contributed by atoms with van der Waals surface area (Å²) in [6, 6.07) is 0. The zero-order valence-electron chi connectivity index (χ0n) is 25.0. The van der Waals surface area contributed by atoms with E-state index in [2.05, 4.69) is 103 Å². The van der Waals surface area contributed by atoms with E-state index in [1.54, 1.807) is 22.3 Å². The van der Waals surface area contributed by atoms with E-state index < -0.39 is 0 Å². The van der Waals surface area contributed by atoms with Crippen LogP contribution in [0.2, 0.25) is 0 Å². The summed E-state index contributed by atoms with van der Waals surface area (Å²) in [6.07, 6.45) is 30.4. The zero-order chi connectivity index (χ0) is 24.2. The minimum atomic E-state index is 0. The molecule has 6 rings (SSSR count). The minimum absolute atomic E-state index is 0. The van der Waals surface area contributed by atoms with Crippen molar-refractivity contribution in [1.29, 1.82) is 0 Å². The van der Waals surface area contributed by atoms with Crippen molar-refractivity contribution in [2.24, 2.45) is 23.7 Å². The van der Waals surface area contributed by atoms with Gasteiger partial charge >= 0.3 is 0 Å². The van der Waals surface area contributed by atoms with Crippen molar-refractivity contribution >= 4 is 49.6 Å². The average molecular weight is 781 g/mol. The van der Waals surface area contributed by atoms with Crippen LogP contribution in [0.4, 0.5) is 0 Å². The molecule has 6 aliphatic carbocycles. The summed E-state index contributed by atoms with van der Waals surface area (Å²) in [7, 11) is 0. The maximum Gasteiger partial charge on any atom is 0 e. The van der Waals surface area contributed by atoms with Crippen molar-refractivity contribution in [2.45, 2.75) is 80.1 Å². The van der Waals surface area contributed by atoms with Gasteiger partial charge in [-0.2, -0.15) is 12.8 Å². The maximum absolute atomic E-state index is 2.42. The predicted molar refractivity (Wildman–Crippen MR) is 178 cm³/mol. The number of hydrogen-bond donors (Lipinski definition) is 0. The molecule has 0 nitrogen and oxygen atoms in total. The molecule has 2 fully saturated rings. The Bertz CT molecular complexity index is 936. The molecule has 4 unspecified atom stereocenters. The van der Waals surface area contributed by atoms with Crippen molar-refractivity contribution < 1.29 is 52.4 Å². The van der Waals surface area contributed by atoms with Crippen LogP contribution in [0.3, 0.4) is 0 Å². The van der Waals surface area contributed by atoms with E-state index in [1.807, 2.05) is 0 Å². The largest absolute Gasteiger partial charge is 0.321 e. The van der Waals surface area contributed by atoms with Crippen LogP contribution in [-0.2, 0) is 52.4 Å². The topological polar surface area (TPSA) is 0 Å². The second-order valence-corrected chi connectivity index (χ2v) is 11.0. The number of halogens is 4. The summed E-state index contributed by atoms with van der Waals surface area (Å²) in [5.41, 5.74) is 12.4. The van der Waals surface area contributed by atoms with Crippen molar-refractivity contribution in [2.75, 3.05) is 0 Å². The standard InChI is InChI=1S/C16H22.2C9H11.4ClH.2Zr/c1-9-7-15(13(5)11(9)3)16-8-10(2)12(4)14(16)6;2*1-2-5-9-7-3-6-8(9)4-1;;;;;;/h7-8H2,1-6H3;2*1-2,4-6,8-9H,3,7H2;4*1H;;/q;2*-1;;;;;;. The van der Waals surface area contributed by atoms with Crippen LogP contribution < -0.4 is 0 Å². The Morgan fingerprint density at radius 1 is 0.500 bits per heavy atom. The van der Waals surface area contributed by atoms with Crippen LogP contribution in [0.5, 0.6) is 0 Å². The smallest absolute Gasteiger partial charge is 0 e. The molecule has 0 saturated heterocycles. The monoisotopic (exact) mass is 776 g/mol. The van der Waals surface area contributed by atoms with Crippen LogP contribution in [0, 0.1) is 36.5 Å². The first-order valence-electron chi connectivity index (χ1n) is 13.5. The number of rotatable bonds is 1. The molecule has 0 spiro atoms. The fraction of sp³-hybridized carbons (Fsp3) is 0.471. The van der Waals surface area contributed by atoms with Crippen LogP contribution in [0.1, 0.15) is 80.1 Å². The molecule has 0 N–H and O–H groups in total. The van der Waals surface area contributed by atoms with Gasteiger partial charge in [0.05, 0.1) is 0 Å². The number of allylic oxidation sites excluding steroid dienone is 16. The Labute approximate surface area is 308 Å². The molecule has 6 heteroatoms. The summed E-state index contributed by atoms with van der Waals surface area (Å²) in [5.74, 6) is 3.23. The zero-order valence-corrected chi connectivity index (χ0v) is 33.1. The molecule has 0 radical (unpaired) electrons. The molecule has 222 valence electrons. The number of hydrogen-bond acceptors (Lipinski definition) is 0. The minimum Gasteiger partial charge on any atom is -0.321 e. The molecule has 0 heterocycles. The van der Waals surface area contributed by atoms with Gasteiger partial charge in [-0.25, -0.2) is 0 Å². The predicted octanol–water partition coefficient (Wildman–Crippen LogP) is 11.5. The second-order valence-electron chi connectivity index (χ2n) is 11.0. The van der Waals surface area contributed by atoms with E-state index in [0.29, 0.717) is 0 Å². The van der Waals surface area contributed by atoms with Crippen LogP contribution in [0.15, 0.2) is 93.2 Å². The quantitative estimate of drug-likeness (QED) is 0.233. The van der Waals surface area contributed by atoms with Gasteiger partial charge in [-0.1, -0.05) is 60.4 Å². The Kier molecular flexibility index (Phi) is 24.4. The van der Waals surface area contributed by atoms with Gasteiger partial charge in [0.25, 0.3) is 0 Å².